The average molecular weight is 660 g/mol. The Hall–Kier alpha value is -4.19. The number of aliphatic hydroxyl groups excluding tert-OH is 1. The Morgan fingerprint density at radius 3 is 2.38 bits per heavy atom. The summed E-state index contributed by atoms with van der Waals surface area (Å²) in [4.78, 5) is 31.6. The monoisotopic (exact) mass is 659 g/mol. The molecule has 0 fully saturated rings. The lowest BCUT2D eigenvalue weighted by atomic mass is 9.93. The number of hydrogen-bond donors (Lipinski definition) is 2. The number of fused-ring (bicyclic) bond motifs is 1. The Morgan fingerprint density at radius 2 is 1.70 bits per heavy atom. The van der Waals surface area contributed by atoms with E-state index in [9.17, 15) is 23.6 Å². The van der Waals surface area contributed by atoms with Crippen molar-refractivity contribution >= 4 is 28.9 Å². The Balaban J connectivity index is 1.54. The number of rotatable bonds is 13. The van der Waals surface area contributed by atoms with Gasteiger partial charge in [-0.1, -0.05) is 63.1 Å². The zero-order valence-corrected chi connectivity index (χ0v) is 27.9. The van der Waals surface area contributed by atoms with Crippen molar-refractivity contribution < 1.29 is 23.6 Å². The normalized spacial score (nSPS) is 14.9. The number of aromatic nitrogens is 2. The van der Waals surface area contributed by atoms with Gasteiger partial charge in [0.1, 0.15) is 11.4 Å². The highest BCUT2D eigenvalue weighted by Gasteiger charge is 2.32. The minimum Gasteiger partial charge on any atom is -0.588 e. The minimum atomic E-state index is -1.94. The molecule has 1 unspecified atom stereocenters. The fourth-order valence-corrected chi connectivity index (χ4v) is 6.75. The molecule has 1 aliphatic heterocycles. The number of anilines is 1. The van der Waals surface area contributed by atoms with Crippen molar-refractivity contribution in [1.29, 1.82) is 0 Å². The molecule has 5 rings (SSSR count). The Bertz CT molecular complexity index is 1700. The molecule has 47 heavy (non-hydrogen) atoms. The van der Waals surface area contributed by atoms with Crippen LogP contribution in [0.1, 0.15) is 77.2 Å². The van der Waals surface area contributed by atoms with Crippen molar-refractivity contribution in [2.24, 2.45) is 0 Å². The van der Waals surface area contributed by atoms with E-state index in [0.29, 0.717) is 43.1 Å². The van der Waals surface area contributed by atoms with Crippen LogP contribution in [0.4, 0.5) is 10.1 Å². The van der Waals surface area contributed by atoms with Gasteiger partial charge in [-0.15, -0.1) is 0 Å². The van der Waals surface area contributed by atoms with Crippen LogP contribution < -0.4 is 4.72 Å². The molecular formula is C36H42FN5O4S. The first-order chi connectivity index (χ1) is 22.7. The van der Waals surface area contributed by atoms with E-state index >= 15 is 0 Å². The van der Waals surface area contributed by atoms with Crippen molar-refractivity contribution in [2.75, 3.05) is 24.4 Å². The zero-order chi connectivity index (χ0) is 33.5. The molecule has 11 heteroatoms. The van der Waals surface area contributed by atoms with Crippen LogP contribution in [-0.2, 0) is 24.3 Å². The number of aryl methyl sites for hydroxylation is 1. The van der Waals surface area contributed by atoms with Crippen LogP contribution in [0.15, 0.2) is 77.7 Å². The Kier molecular flexibility index (Phi) is 11.3. The number of halogens is 1. The van der Waals surface area contributed by atoms with Crippen LogP contribution in [0.3, 0.4) is 0 Å². The van der Waals surface area contributed by atoms with Crippen LogP contribution in [0.2, 0.25) is 0 Å². The summed E-state index contributed by atoms with van der Waals surface area (Å²) in [5, 5.41) is 15.0. The minimum absolute atomic E-state index is 0.0146. The van der Waals surface area contributed by atoms with E-state index < -0.39 is 23.2 Å². The lowest BCUT2D eigenvalue weighted by molar-refractivity contribution is 0.0544. The smallest absolute Gasteiger partial charge is 0.274 e. The lowest BCUT2D eigenvalue weighted by Crippen LogP contribution is -2.46. The number of aliphatic hydroxyl groups is 1. The second-order valence-corrected chi connectivity index (χ2v) is 13.0. The Morgan fingerprint density at radius 1 is 1.02 bits per heavy atom. The highest BCUT2D eigenvalue weighted by atomic mass is 32.2. The quantitative estimate of drug-likeness (QED) is 0.169. The molecule has 0 aliphatic carbocycles. The molecule has 0 bridgehead atoms. The van der Waals surface area contributed by atoms with Gasteiger partial charge in [-0.25, -0.2) is 13.8 Å². The van der Waals surface area contributed by atoms with E-state index in [0.717, 1.165) is 36.8 Å². The first kappa shape index (κ1) is 34.2. The number of benzene rings is 3. The van der Waals surface area contributed by atoms with Gasteiger partial charge in [-0.2, -0.15) is 5.10 Å². The molecule has 4 aromatic rings. The van der Waals surface area contributed by atoms with E-state index in [1.165, 1.54) is 18.2 Å². The van der Waals surface area contributed by atoms with Gasteiger partial charge in [0.05, 0.1) is 29.6 Å². The number of nitrogens with one attached hydrogen (secondary N) is 1. The van der Waals surface area contributed by atoms with Crippen molar-refractivity contribution in [3.63, 3.8) is 0 Å². The average Bonchev–Trinajstić information content (AvgIpc) is 3.48. The number of unbranched alkanes of at least 4 members (excludes halogenated alkanes) is 2. The number of amides is 2. The zero-order valence-electron chi connectivity index (χ0n) is 27.1. The first-order valence-electron chi connectivity index (χ1n) is 16.2. The van der Waals surface area contributed by atoms with Gasteiger partial charge in [0.2, 0.25) is 4.90 Å². The molecule has 2 heterocycles. The number of hydrogen-bond acceptors (Lipinski definition) is 6. The maximum atomic E-state index is 14.5. The highest BCUT2D eigenvalue weighted by Crippen LogP contribution is 2.30. The van der Waals surface area contributed by atoms with E-state index in [1.807, 2.05) is 36.1 Å². The van der Waals surface area contributed by atoms with Gasteiger partial charge in [0.25, 0.3) is 11.8 Å². The van der Waals surface area contributed by atoms with Crippen LogP contribution in [0, 0.1) is 12.7 Å². The van der Waals surface area contributed by atoms with Gasteiger partial charge < -0.3 is 19.5 Å². The van der Waals surface area contributed by atoms with Gasteiger partial charge in [0.15, 0.2) is 11.5 Å². The summed E-state index contributed by atoms with van der Waals surface area (Å²) >= 11 is -1.94. The van der Waals surface area contributed by atoms with Crippen LogP contribution in [0.5, 0.6) is 0 Å². The van der Waals surface area contributed by atoms with E-state index in [1.54, 1.807) is 39.9 Å². The van der Waals surface area contributed by atoms with E-state index in [4.69, 9.17) is 5.10 Å². The third-order valence-corrected chi connectivity index (χ3v) is 9.64. The number of carbonyl (C=O) groups is 2. The first-order valence-corrected chi connectivity index (χ1v) is 17.3. The number of carbonyl (C=O) groups excluding carboxylic acids is 2. The summed E-state index contributed by atoms with van der Waals surface area (Å²) in [5.74, 6) is -1.13. The van der Waals surface area contributed by atoms with Gasteiger partial charge in [-0.05, 0) is 73.7 Å². The van der Waals surface area contributed by atoms with E-state index in [2.05, 4.69) is 18.6 Å². The third kappa shape index (κ3) is 7.69. The molecule has 3 aromatic carbocycles. The molecule has 0 saturated heterocycles. The Labute approximate surface area is 278 Å². The maximum Gasteiger partial charge on any atom is 0.274 e. The van der Waals surface area contributed by atoms with Crippen LogP contribution in [0.25, 0.3) is 5.69 Å². The summed E-state index contributed by atoms with van der Waals surface area (Å²) in [7, 11) is 0. The molecule has 1 aromatic heterocycles. The van der Waals surface area contributed by atoms with Gasteiger partial charge >= 0.3 is 0 Å². The molecule has 1 aliphatic rings. The fraction of sp³-hybridized carbons (Fsp3) is 0.361. The predicted molar refractivity (Wildman–Crippen MR) is 181 cm³/mol. The van der Waals surface area contributed by atoms with Crippen molar-refractivity contribution in [3.05, 3.63) is 107 Å². The predicted octanol–water partition coefficient (Wildman–Crippen LogP) is 6.06. The summed E-state index contributed by atoms with van der Waals surface area (Å²) in [6.45, 7) is 7.36. The molecule has 2 atom stereocenters. The summed E-state index contributed by atoms with van der Waals surface area (Å²) in [6, 6.07) is 19.8. The SMILES string of the molecule is CCCCN(CCCC)C(=O)c1cc(C)n(-c2ccc(N[S+]([O-])c3ccccc3F)cc2C(=O)N2Cc3ccccc3C[C@H]2CO)n1. The summed E-state index contributed by atoms with van der Waals surface area (Å²) in [6.07, 6.45) is 4.20. The molecular weight excluding hydrogens is 617 g/mol. The summed E-state index contributed by atoms with van der Waals surface area (Å²) in [5.41, 5.74) is 4.01. The van der Waals surface area contributed by atoms with Crippen molar-refractivity contribution in [2.45, 2.75) is 70.4 Å². The maximum absolute atomic E-state index is 14.5. The van der Waals surface area contributed by atoms with Crippen LogP contribution in [-0.4, -0.2) is 66.8 Å². The number of nitrogens with zero attached hydrogens (tertiary/aromatic N) is 4. The molecule has 0 spiro atoms. The highest BCUT2D eigenvalue weighted by molar-refractivity contribution is 7.92. The standard InChI is InChI=1S/C36H42FN5O4S/c1-4-6-18-40(19-7-5-2)36(45)32-20-25(3)42(38-32)33-17-16-28(39-47(46)34-15-11-10-14-31(34)37)22-30(33)35(44)41-23-27-13-9-8-12-26(27)21-29(41)24-43/h8-17,20,22,29,39,43H,4-7,18-19,21,23-24H2,1-3H3/t29-,47?/m0/s1. The molecule has 248 valence electrons. The fourth-order valence-electron chi connectivity index (χ4n) is 5.85. The lowest BCUT2D eigenvalue weighted by Gasteiger charge is -2.36. The van der Waals surface area contributed by atoms with Gasteiger partial charge in [-0.3, -0.25) is 9.59 Å². The van der Waals surface area contributed by atoms with Crippen molar-refractivity contribution in [3.8, 4) is 5.69 Å². The second kappa shape index (κ2) is 15.6. The molecule has 2 N–H and O–H groups in total. The van der Waals surface area contributed by atoms with Crippen LogP contribution >= 0.6 is 0 Å². The second-order valence-electron chi connectivity index (χ2n) is 11.9. The molecule has 0 saturated carbocycles. The molecule has 2 amide bonds. The van der Waals surface area contributed by atoms with Gasteiger partial charge in [0, 0.05) is 25.3 Å². The van der Waals surface area contributed by atoms with E-state index in [-0.39, 0.29) is 34.6 Å². The van der Waals surface area contributed by atoms with Crippen molar-refractivity contribution in [1.82, 2.24) is 19.6 Å². The summed E-state index contributed by atoms with van der Waals surface area (Å²) < 4.78 is 32.0. The largest absolute Gasteiger partial charge is 0.588 e. The topological polar surface area (TPSA) is 114 Å². The molecule has 0 radical (unpaired) electrons. The third-order valence-electron chi connectivity index (χ3n) is 8.49. The molecule has 9 nitrogen and oxygen atoms in total.